The summed E-state index contributed by atoms with van der Waals surface area (Å²) in [5.41, 5.74) is 6.78. The van der Waals surface area contributed by atoms with Crippen LogP contribution in [0.2, 0.25) is 0 Å². The second kappa shape index (κ2) is 5.58. The van der Waals surface area contributed by atoms with E-state index >= 15 is 0 Å². The average Bonchev–Trinajstić information content (AvgIpc) is 2.28. The van der Waals surface area contributed by atoms with Crippen LogP contribution < -0.4 is 5.73 Å². The van der Waals surface area contributed by atoms with E-state index in [1.165, 1.54) is 0 Å². The summed E-state index contributed by atoms with van der Waals surface area (Å²) in [5, 5.41) is 9.88. The Labute approximate surface area is 94.2 Å². The molecule has 3 N–H and O–H groups in total. The van der Waals surface area contributed by atoms with E-state index in [2.05, 4.69) is 4.98 Å². The molecule has 0 saturated carbocycles. The van der Waals surface area contributed by atoms with E-state index in [9.17, 15) is 9.90 Å². The molecule has 0 radical (unpaired) electrons. The average molecular weight is 224 g/mol. The van der Waals surface area contributed by atoms with Gasteiger partial charge in [0, 0.05) is 6.20 Å². The standard InChI is InChI=1S/C11H16N2O3/c1-3-16-11(15)8(12)10(14)9-7(2)5-4-6-13-9/h4-6,8,10,14H,3,12H2,1-2H3/t8-,10+/m0/s1. The lowest BCUT2D eigenvalue weighted by molar-refractivity contribution is -0.147. The van der Waals surface area contributed by atoms with Crippen molar-refractivity contribution in [3.63, 3.8) is 0 Å². The summed E-state index contributed by atoms with van der Waals surface area (Å²) >= 11 is 0. The number of esters is 1. The van der Waals surface area contributed by atoms with Gasteiger partial charge in [0.1, 0.15) is 12.1 Å². The Morgan fingerprint density at radius 1 is 1.69 bits per heavy atom. The molecule has 0 amide bonds. The molecule has 0 aromatic carbocycles. The zero-order valence-corrected chi connectivity index (χ0v) is 9.38. The lowest BCUT2D eigenvalue weighted by Gasteiger charge is -2.18. The molecule has 1 heterocycles. The molecular weight excluding hydrogens is 208 g/mol. The minimum absolute atomic E-state index is 0.237. The Morgan fingerprint density at radius 3 is 2.94 bits per heavy atom. The maximum Gasteiger partial charge on any atom is 0.326 e. The number of aliphatic hydroxyl groups excluding tert-OH is 1. The van der Waals surface area contributed by atoms with Crippen molar-refractivity contribution in [3.8, 4) is 0 Å². The van der Waals surface area contributed by atoms with Gasteiger partial charge in [-0.05, 0) is 25.5 Å². The van der Waals surface area contributed by atoms with Crippen molar-refractivity contribution in [2.75, 3.05) is 6.61 Å². The first-order chi connectivity index (χ1) is 7.57. The second-order valence-corrected chi connectivity index (χ2v) is 3.43. The molecule has 0 aliphatic heterocycles. The number of aromatic nitrogens is 1. The Bertz CT molecular complexity index is 368. The molecule has 5 nitrogen and oxygen atoms in total. The molecule has 1 rings (SSSR count). The van der Waals surface area contributed by atoms with Crippen molar-refractivity contribution in [2.45, 2.75) is 26.0 Å². The van der Waals surface area contributed by atoms with Crippen LogP contribution >= 0.6 is 0 Å². The van der Waals surface area contributed by atoms with Crippen LogP contribution in [-0.2, 0) is 9.53 Å². The molecule has 0 unspecified atom stereocenters. The first-order valence-corrected chi connectivity index (χ1v) is 5.09. The lowest BCUT2D eigenvalue weighted by atomic mass is 10.0. The van der Waals surface area contributed by atoms with Crippen LogP contribution in [0.25, 0.3) is 0 Å². The monoisotopic (exact) mass is 224 g/mol. The van der Waals surface area contributed by atoms with Crippen LogP contribution in [0.3, 0.4) is 0 Å². The topological polar surface area (TPSA) is 85.4 Å². The lowest BCUT2D eigenvalue weighted by Crippen LogP contribution is -2.38. The fourth-order valence-corrected chi connectivity index (χ4v) is 1.34. The van der Waals surface area contributed by atoms with Crippen molar-refractivity contribution in [1.82, 2.24) is 4.98 Å². The fraction of sp³-hybridized carbons (Fsp3) is 0.455. The molecule has 0 saturated heterocycles. The summed E-state index contributed by atoms with van der Waals surface area (Å²) in [6.07, 6.45) is 0.406. The van der Waals surface area contributed by atoms with Crippen LogP contribution in [0.5, 0.6) is 0 Å². The maximum atomic E-state index is 11.3. The molecule has 1 aromatic rings. The summed E-state index contributed by atoms with van der Waals surface area (Å²) in [5.74, 6) is -0.625. The normalized spacial score (nSPS) is 14.2. The van der Waals surface area contributed by atoms with Crippen LogP contribution in [0.15, 0.2) is 18.3 Å². The van der Waals surface area contributed by atoms with E-state index in [0.717, 1.165) is 5.56 Å². The molecule has 0 fully saturated rings. The van der Waals surface area contributed by atoms with Crippen molar-refractivity contribution in [2.24, 2.45) is 5.73 Å². The van der Waals surface area contributed by atoms with E-state index in [-0.39, 0.29) is 6.61 Å². The van der Waals surface area contributed by atoms with Crippen LogP contribution in [0.4, 0.5) is 0 Å². The predicted molar refractivity (Wildman–Crippen MR) is 58.5 cm³/mol. The third-order valence-electron chi connectivity index (χ3n) is 2.23. The first-order valence-electron chi connectivity index (χ1n) is 5.09. The zero-order valence-electron chi connectivity index (χ0n) is 9.38. The van der Waals surface area contributed by atoms with Gasteiger partial charge in [-0.15, -0.1) is 0 Å². The van der Waals surface area contributed by atoms with Gasteiger partial charge in [0.05, 0.1) is 12.3 Å². The molecule has 0 aliphatic carbocycles. The molecule has 88 valence electrons. The number of aryl methyl sites for hydroxylation is 1. The van der Waals surface area contributed by atoms with E-state index in [0.29, 0.717) is 5.69 Å². The number of rotatable bonds is 4. The molecular formula is C11H16N2O3. The Hall–Kier alpha value is -1.46. The molecule has 16 heavy (non-hydrogen) atoms. The van der Waals surface area contributed by atoms with E-state index < -0.39 is 18.1 Å². The first kappa shape index (κ1) is 12.6. The van der Waals surface area contributed by atoms with Crippen molar-refractivity contribution < 1.29 is 14.6 Å². The minimum Gasteiger partial charge on any atom is -0.465 e. The summed E-state index contributed by atoms with van der Waals surface area (Å²) in [6.45, 7) is 3.72. The number of carbonyl (C=O) groups excluding carboxylic acids is 1. The number of carbonyl (C=O) groups is 1. The van der Waals surface area contributed by atoms with Crippen LogP contribution in [0, 0.1) is 6.92 Å². The predicted octanol–water partition coefficient (Wildman–Crippen LogP) is 0.314. The Kier molecular flexibility index (Phi) is 4.39. The Morgan fingerprint density at radius 2 is 2.38 bits per heavy atom. The van der Waals surface area contributed by atoms with E-state index in [4.69, 9.17) is 10.5 Å². The van der Waals surface area contributed by atoms with Gasteiger partial charge in [0.25, 0.3) is 0 Å². The number of ether oxygens (including phenoxy) is 1. The maximum absolute atomic E-state index is 11.3. The van der Waals surface area contributed by atoms with Crippen LogP contribution in [-0.4, -0.2) is 28.7 Å². The fourth-order valence-electron chi connectivity index (χ4n) is 1.34. The highest BCUT2D eigenvalue weighted by molar-refractivity contribution is 5.76. The number of aliphatic hydroxyl groups is 1. The zero-order chi connectivity index (χ0) is 12.1. The van der Waals surface area contributed by atoms with Crippen LogP contribution in [0.1, 0.15) is 24.3 Å². The van der Waals surface area contributed by atoms with Gasteiger partial charge in [-0.25, -0.2) is 0 Å². The van der Waals surface area contributed by atoms with Crippen molar-refractivity contribution >= 4 is 5.97 Å². The largest absolute Gasteiger partial charge is 0.465 e. The number of hydrogen-bond acceptors (Lipinski definition) is 5. The third-order valence-corrected chi connectivity index (χ3v) is 2.23. The second-order valence-electron chi connectivity index (χ2n) is 3.43. The van der Waals surface area contributed by atoms with E-state index in [1.54, 1.807) is 32.2 Å². The minimum atomic E-state index is -1.14. The highest BCUT2D eigenvalue weighted by Crippen LogP contribution is 2.17. The number of hydrogen-bond donors (Lipinski definition) is 2. The summed E-state index contributed by atoms with van der Waals surface area (Å²) in [6, 6.07) is 2.44. The summed E-state index contributed by atoms with van der Waals surface area (Å²) in [4.78, 5) is 15.3. The summed E-state index contributed by atoms with van der Waals surface area (Å²) < 4.78 is 4.73. The SMILES string of the molecule is CCOC(=O)[C@@H](N)[C@@H](O)c1ncccc1C. The molecule has 0 bridgehead atoms. The Balaban J connectivity index is 2.82. The third kappa shape index (κ3) is 2.77. The molecule has 2 atom stereocenters. The molecule has 0 aliphatic rings. The molecule has 0 spiro atoms. The smallest absolute Gasteiger partial charge is 0.326 e. The number of nitrogens with two attached hydrogens (primary N) is 1. The van der Waals surface area contributed by atoms with Gasteiger partial charge < -0.3 is 15.6 Å². The van der Waals surface area contributed by atoms with Gasteiger partial charge in [0.2, 0.25) is 0 Å². The highest BCUT2D eigenvalue weighted by Gasteiger charge is 2.27. The quantitative estimate of drug-likeness (QED) is 0.719. The summed E-state index contributed by atoms with van der Waals surface area (Å²) in [7, 11) is 0. The molecule has 5 heteroatoms. The number of nitrogens with zero attached hydrogens (tertiary/aromatic N) is 1. The number of pyridine rings is 1. The van der Waals surface area contributed by atoms with Gasteiger partial charge in [0.15, 0.2) is 0 Å². The van der Waals surface area contributed by atoms with Gasteiger partial charge in [-0.1, -0.05) is 6.07 Å². The molecule has 1 aromatic heterocycles. The highest BCUT2D eigenvalue weighted by atomic mass is 16.5. The van der Waals surface area contributed by atoms with Gasteiger partial charge in [-0.3, -0.25) is 9.78 Å². The van der Waals surface area contributed by atoms with Gasteiger partial charge in [-0.2, -0.15) is 0 Å². The van der Waals surface area contributed by atoms with Crippen molar-refractivity contribution in [3.05, 3.63) is 29.6 Å². The van der Waals surface area contributed by atoms with Gasteiger partial charge >= 0.3 is 5.97 Å². The van der Waals surface area contributed by atoms with E-state index in [1.807, 2.05) is 0 Å². The van der Waals surface area contributed by atoms with Crippen molar-refractivity contribution in [1.29, 1.82) is 0 Å².